The Labute approximate surface area is 118 Å². The highest BCUT2D eigenvalue weighted by molar-refractivity contribution is 5.69. The summed E-state index contributed by atoms with van der Waals surface area (Å²) in [5.41, 5.74) is 3.40. The van der Waals surface area contributed by atoms with E-state index in [1.54, 1.807) is 6.92 Å². The number of hydrogen-bond acceptors (Lipinski definition) is 1. The van der Waals surface area contributed by atoms with E-state index in [0.717, 1.165) is 23.2 Å². The lowest BCUT2D eigenvalue weighted by Crippen LogP contribution is -2.12. The van der Waals surface area contributed by atoms with Crippen molar-refractivity contribution in [2.24, 2.45) is 0 Å². The van der Waals surface area contributed by atoms with Crippen LogP contribution in [0.25, 0.3) is 11.1 Å². The van der Waals surface area contributed by atoms with Gasteiger partial charge in [0.1, 0.15) is 11.6 Å². The van der Waals surface area contributed by atoms with E-state index in [-0.39, 0.29) is 11.6 Å². The predicted molar refractivity (Wildman–Crippen MR) is 78.6 cm³/mol. The fraction of sp³-hybridized carbons (Fsp3) is 0.294. The van der Waals surface area contributed by atoms with Gasteiger partial charge < -0.3 is 5.32 Å². The van der Waals surface area contributed by atoms with E-state index in [9.17, 15) is 8.78 Å². The van der Waals surface area contributed by atoms with Gasteiger partial charge in [0.2, 0.25) is 0 Å². The molecule has 0 bridgehead atoms. The minimum absolute atomic E-state index is 0.324. The number of hydrogen-bond donors (Lipinski definition) is 1. The summed E-state index contributed by atoms with van der Waals surface area (Å²) in [7, 11) is 0. The Balaban J connectivity index is 2.55. The highest BCUT2D eigenvalue weighted by atomic mass is 19.1. The molecule has 0 radical (unpaired) electrons. The highest BCUT2D eigenvalue weighted by Crippen LogP contribution is 2.29. The van der Waals surface area contributed by atoms with E-state index in [2.05, 4.69) is 5.32 Å². The van der Waals surface area contributed by atoms with Crippen LogP contribution in [0.5, 0.6) is 0 Å². The topological polar surface area (TPSA) is 12.0 Å². The molecule has 0 aliphatic rings. The molecule has 0 unspecified atom stereocenters. The van der Waals surface area contributed by atoms with E-state index in [4.69, 9.17) is 0 Å². The van der Waals surface area contributed by atoms with Gasteiger partial charge in [-0.25, -0.2) is 8.78 Å². The Morgan fingerprint density at radius 1 is 0.950 bits per heavy atom. The second kappa shape index (κ2) is 6.14. The molecule has 0 aliphatic heterocycles. The molecule has 1 N–H and O–H groups in total. The van der Waals surface area contributed by atoms with Crippen LogP contribution in [0.3, 0.4) is 0 Å². The Bertz CT molecular complexity index is 621. The van der Waals surface area contributed by atoms with Gasteiger partial charge >= 0.3 is 0 Å². The molecule has 0 heterocycles. The minimum atomic E-state index is -0.382. The van der Waals surface area contributed by atoms with Crippen molar-refractivity contribution < 1.29 is 8.78 Å². The summed E-state index contributed by atoms with van der Waals surface area (Å²) >= 11 is 0. The number of rotatable bonds is 4. The lowest BCUT2D eigenvalue weighted by atomic mass is 9.96. The van der Waals surface area contributed by atoms with Gasteiger partial charge in [-0.2, -0.15) is 0 Å². The van der Waals surface area contributed by atoms with E-state index < -0.39 is 0 Å². The summed E-state index contributed by atoms with van der Waals surface area (Å²) in [6.07, 6.45) is 0. The molecule has 0 spiro atoms. The van der Waals surface area contributed by atoms with Gasteiger partial charge in [0, 0.05) is 12.1 Å². The zero-order valence-corrected chi connectivity index (χ0v) is 12.1. The molecule has 2 aromatic rings. The molecule has 0 amide bonds. The summed E-state index contributed by atoms with van der Waals surface area (Å²) in [6.45, 7) is 7.00. The van der Waals surface area contributed by atoms with Gasteiger partial charge in [-0.15, -0.1) is 0 Å². The number of halogens is 2. The number of nitrogens with one attached hydrogen (secondary N) is 1. The highest BCUT2D eigenvalue weighted by Gasteiger charge is 2.13. The van der Waals surface area contributed by atoms with Gasteiger partial charge in [-0.3, -0.25) is 0 Å². The lowest BCUT2D eigenvalue weighted by molar-refractivity contribution is 0.595. The summed E-state index contributed by atoms with van der Waals surface area (Å²) < 4.78 is 27.9. The van der Waals surface area contributed by atoms with E-state index in [1.165, 1.54) is 12.1 Å². The first-order valence-electron chi connectivity index (χ1n) is 6.79. The molecule has 0 saturated carbocycles. The van der Waals surface area contributed by atoms with Crippen molar-refractivity contribution in [2.75, 3.05) is 6.54 Å². The van der Waals surface area contributed by atoms with Crippen molar-refractivity contribution in [3.63, 3.8) is 0 Å². The maximum atomic E-state index is 14.2. The third-order valence-corrected chi connectivity index (χ3v) is 3.37. The van der Waals surface area contributed by atoms with Crippen LogP contribution in [0.2, 0.25) is 0 Å². The smallest absolute Gasteiger partial charge is 0.131 e. The molecule has 2 rings (SSSR count). The monoisotopic (exact) mass is 275 g/mol. The SMILES string of the molecule is CCNCc1ccc(C)cc1-c1cc(F)c(C)cc1F. The van der Waals surface area contributed by atoms with Gasteiger partial charge in [-0.05, 0) is 49.2 Å². The Hall–Kier alpha value is -1.74. The summed E-state index contributed by atoms with van der Waals surface area (Å²) in [5, 5.41) is 3.22. The van der Waals surface area contributed by atoms with Gasteiger partial charge in [0.25, 0.3) is 0 Å². The van der Waals surface area contributed by atoms with Crippen LogP contribution >= 0.6 is 0 Å². The average molecular weight is 275 g/mol. The molecule has 3 heteroatoms. The third-order valence-electron chi connectivity index (χ3n) is 3.37. The largest absolute Gasteiger partial charge is 0.313 e. The summed E-state index contributed by atoms with van der Waals surface area (Å²) in [6, 6.07) is 8.39. The molecular weight excluding hydrogens is 256 g/mol. The van der Waals surface area contributed by atoms with Crippen molar-refractivity contribution in [3.8, 4) is 11.1 Å². The Morgan fingerprint density at radius 3 is 2.40 bits per heavy atom. The quantitative estimate of drug-likeness (QED) is 0.874. The van der Waals surface area contributed by atoms with Crippen molar-refractivity contribution in [1.82, 2.24) is 5.32 Å². The van der Waals surface area contributed by atoms with Crippen LogP contribution in [-0.2, 0) is 6.54 Å². The molecule has 0 saturated heterocycles. The lowest BCUT2D eigenvalue weighted by Gasteiger charge is -2.13. The second-order valence-corrected chi connectivity index (χ2v) is 5.02. The molecule has 20 heavy (non-hydrogen) atoms. The van der Waals surface area contributed by atoms with Crippen molar-refractivity contribution in [3.05, 3.63) is 58.7 Å². The maximum absolute atomic E-state index is 14.2. The van der Waals surface area contributed by atoms with Crippen LogP contribution in [0.15, 0.2) is 30.3 Å². The Kier molecular flexibility index (Phi) is 4.50. The first-order chi connectivity index (χ1) is 9.52. The third kappa shape index (κ3) is 3.05. The summed E-state index contributed by atoms with van der Waals surface area (Å²) in [4.78, 5) is 0. The minimum Gasteiger partial charge on any atom is -0.313 e. The summed E-state index contributed by atoms with van der Waals surface area (Å²) in [5.74, 6) is -0.760. The fourth-order valence-electron chi connectivity index (χ4n) is 2.21. The van der Waals surface area contributed by atoms with Crippen molar-refractivity contribution in [2.45, 2.75) is 27.3 Å². The normalized spacial score (nSPS) is 10.8. The zero-order valence-electron chi connectivity index (χ0n) is 12.1. The van der Waals surface area contributed by atoms with Crippen molar-refractivity contribution in [1.29, 1.82) is 0 Å². The van der Waals surface area contributed by atoms with E-state index >= 15 is 0 Å². The van der Waals surface area contributed by atoms with E-state index in [1.807, 2.05) is 32.0 Å². The van der Waals surface area contributed by atoms with Crippen LogP contribution in [0.1, 0.15) is 23.6 Å². The molecular formula is C17H19F2N. The molecule has 0 fully saturated rings. The molecule has 0 atom stereocenters. The van der Waals surface area contributed by atoms with Crippen LogP contribution in [0.4, 0.5) is 8.78 Å². The van der Waals surface area contributed by atoms with Gasteiger partial charge in [0.05, 0.1) is 0 Å². The fourth-order valence-corrected chi connectivity index (χ4v) is 2.21. The first kappa shape index (κ1) is 14.7. The predicted octanol–water partition coefficient (Wildman–Crippen LogP) is 4.36. The van der Waals surface area contributed by atoms with Crippen molar-refractivity contribution >= 4 is 0 Å². The standard InChI is InChI=1S/C17H19F2N/c1-4-20-10-13-6-5-11(2)7-14(13)15-9-16(18)12(3)8-17(15)19/h5-9,20H,4,10H2,1-3H3. The number of aryl methyl sites for hydroxylation is 2. The number of benzene rings is 2. The van der Waals surface area contributed by atoms with E-state index in [0.29, 0.717) is 17.7 Å². The average Bonchev–Trinajstić information content (AvgIpc) is 2.41. The van der Waals surface area contributed by atoms with Crippen LogP contribution in [0, 0.1) is 25.5 Å². The molecule has 0 aromatic heterocycles. The molecule has 1 nitrogen and oxygen atoms in total. The molecule has 2 aromatic carbocycles. The van der Waals surface area contributed by atoms with Crippen LogP contribution < -0.4 is 5.32 Å². The maximum Gasteiger partial charge on any atom is 0.131 e. The van der Waals surface area contributed by atoms with Gasteiger partial charge in [0.15, 0.2) is 0 Å². The Morgan fingerprint density at radius 2 is 1.70 bits per heavy atom. The molecule has 0 aliphatic carbocycles. The van der Waals surface area contributed by atoms with Crippen LogP contribution in [-0.4, -0.2) is 6.54 Å². The molecule has 106 valence electrons. The second-order valence-electron chi connectivity index (χ2n) is 5.02. The van der Waals surface area contributed by atoms with Gasteiger partial charge in [-0.1, -0.05) is 30.7 Å². The first-order valence-corrected chi connectivity index (χ1v) is 6.79. The zero-order chi connectivity index (χ0) is 14.7.